The molecule has 1 aliphatic heterocycles. The van der Waals surface area contributed by atoms with Crippen LogP contribution in [-0.4, -0.2) is 24.8 Å². The maximum atomic E-state index is 11.5. The van der Waals surface area contributed by atoms with Crippen LogP contribution in [0.5, 0.6) is 0 Å². The molecule has 3 heteroatoms. The minimum Gasteiger partial charge on any atom is -0.466 e. The van der Waals surface area contributed by atoms with E-state index in [0.717, 1.165) is 51.6 Å². The largest absolute Gasteiger partial charge is 0.466 e. The molecule has 0 N–H and O–H groups in total. The van der Waals surface area contributed by atoms with Crippen molar-refractivity contribution in [2.24, 2.45) is 0 Å². The highest BCUT2D eigenvalue weighted by Gasteiger charge is 2.17. The minimum atomic E-state index is -0.0128. The normalized spacial score (nSPS) is 24.6. The molecule has 1 aliphatic rings. The van der Waals surface area contributed by atoms with E-state index in [1.54, 1.807) is 0 Å². The fraction of sp³-hybridized carbons (Fsp3) is 0.944. The summed E-state index contributed by atoms with van der Waals surface area (Å²) in [5.41, 5.74) is 0.0287. The fourth-order valence-corrected chi connectivity index (χ4v) is 2.76. The molecule has 0 atom stereocenters. The number of ether oxygens (including phenoxy) is 2. The van der Waals surface area contributed by atoms with Crippen LogP contribution in [0.2, 0.25) is 0 Å². The van der Waals surface area contributed by atoms with Crippen LogP contribution in [-0.2, 0) is 14.3 Å². The summed E-state index contributed by atoms with van der Waals surface area (Å²) in [6.07, 6.45) is 13.3. The molecule has 0 bridgehead atoms. The number of esters is 1. The number of hydrogen-bond acceptors (Lipinski definition) is 3. The van der Waals surface area contributed by atoms with Gasteiger partial charge in [0.05, 0.1) is 12.2 Å². The third kappa shape index (κ3) is 10.8. The van der Waals surface area contributed by atoms with Gasteiger partial charge < -0.3 is 9.47 Å². The quantitative estimate of drug-likeness (QED) is 0.589. The van der Waals surface area contributed by atoms with Crippen LogP contribution < -0.4 is 0 Å². The van der Waals surface area contributed by atoms with Gasteiger partial charge >= 0.3 is 5.97 Å². The van der Waals surface area contributed by atoms with Crippen LogP contribution in [0.15, 0.2) is 0 Å². The Bertz CT molecular complexity index is 250. The van der Waals surface area contributed by atoms with Crippen molar-refractivity contribution in [3.05, 3.63) is 0 Å². The van der Waals surface area contributed by atoms with Crippen LogP contribution in [0.4, 0.5) is 0 Å². The molecule has 0 spiro atoms. The third-order valence-corrected chi connectivity index (χ3v) is 4.20. The van der Waals surface area contributed by atoms with Gasteiger partial charge in [0.1, 0.15) is 0 Å². The second-order valence-corrected chi connectivity index (χ2v) is 6.86. The van der Waals surface area contributed by atoms with E-state index in [9.17, 15) is 4.79 Å². The van der Waals surface area contributed by atoms with Gasteiger partial charge in [0.25, 0.3) is 0 Å². The summed E-state index contributed by atoms with van der Waals surface area (Å²) in [5.74, 6) is -0.0128. The van der Waals surface area contributed by atoms with Crippen LogP contribution in [0.1, 0.15) is 90.9 Å². The molecule has 1 rings (SSSR count). The van der Waals surface area contributed by atoms with Gasteiger partial charge in [0, 0.05) is 13.0 Å². The molecule has 0 amide bonds. The highest BCUT2D eigenvalue weighted by molar-refractivity contribution is 5.69. The van der Waals surface area contributed by atoms with Crippen molar-refractivity contribution in [1.29, 1.82) is 0 Å². The molecule has 1 fully saturated rings. The van der Waals surface area contributed by atoms with Gasteiger partial charge in [-0.3, -0.25) is 4.79 Å². The first-order chi connectivity index (χ1) is 10.1. The van der Waals surface area contributed by atoms with E-state index >= 15 is 0 Å². The Morgan fingerprint density at radius 2 is 1.33 bits per heavy atom. The second-order valence-electron chi connectivity index (χ2n) is 6.86. The molecule has 3 nitrogen and oxygen atoms in total. The zero-order chi connectivity index (χ0) is 15.4. The number of carbonyl (C=O) groups is 1. The Hall–Kier alpha value is -0.570. The van der Waals surface area contributed by atoms with Gasteiger partial charge in [-0.15, -0.1) is 0 Å². The first-order valence-electron chi connectivity index (χ1n) is 8.90. The number of rotatable bonds is 0. The summed E-state index contributed by atoms with van der Waals surface area (Å²) >= 11 is 0. The molecular weight excluding hydrogens is 264 g/mol. The van der Waals surface area contributed by atoms with Gasteiger partial charge in [-0.25, -0.2) is 0 Å². The predicted molar refractivity (Wildman–Crippen MR) is 86.4 cm³/mol. The SMILES string of the molecule is CC1(C)CCCCCCCCC(=O)OCCCCCCO1. The lowest BCUT2D eigenvalue weighted by molar-refractivity contribution is -0.143. The lowest BCUT2D eigenvalue weighted by atomic mass is 9.99. The van der Waals surface area contributed by atoms with Crippen LogP contribution in [0.3, 0.4) is 0 Å². The topological polar surface area (TPSA) is 35.5 Å². The zero-order valence-electron chi connectivity index (χ0n) is 14.1. The average Bonchev–Trinajstić information content (AvgIpc) is 2.43. The van der Waals surface area contributed by atoms with Crippen molar-refractivity contribution >= 4 is 5.97 Å². The van der Waals surface area contributed by atoms with Crippen molar-refractivity contribution in [3.63, 3.8) is 0 Å². The maximum Gasteiger partial charge on any atom is 0.305 e. The van der Waals surface area contributed by atoms with Crippen LogP contribution in [0.25, 0.3) is 0 Å². The maximum absolute atomic E-state index is 11.5. The predicted octanol–water partition coefficient (Wildman–Crippen LogP) is 5.02. The van der Waals surface area contributed by atoms with Gasteiger partial charge in [-0.05, 0) is 46.0 Å². The molecule has 0 aromatic rings. The summed E-state index contributed by atoms with van der Waals surface area (Å²) in [6.45, 7) is 5.87. The monoisotopic (exact) mass is 298 g/mol. The Balaban J connectivity index is 2.26. The standard InChI is InChI=1S/C18H34O3/c1-18(2)14-10-6-4-3-5-9-13-17(19)20-15-11-7-8-12-16-21-18/h3-16H2,1-2H3. The summed E-state index contributed by atoms with van der Waals surface area (Å²) in [5, 5.41) is 0. The van der Waals surface area contributed by atoms with E-state index in [2.05, 4.69) is 13.8 Å². The summed E-state index contributed by atoms with van der Waals surface area (Å²) in [7, 11) is 0. The van der Waals surface area contributed by atoms with E-state index < -0.39 is 0 Å². The summed E-state index contributed by atoms with van der Waals surface area (Å²) in [4.78, 5) is 11.5. The molecule has 0 aliphatic carbocycles. The van der Waals surface area contributed by atoms with E-state index in [1.165, 1.54) is 25.7 Å². The number of cyclic esters (lactones) is 1. The lowest BCUT2D eigenvalue weighted by Gasteiger charge is -2.25. The van der Waals surface area contributed by atoms with Crippen molar-refractivity contribution in [2.75, 3.05) is 13.2 Å². The molecule has 0 radical (unpaired) electrons. The Morgan fingerprint density at radius 1 is 0.762 bits per heavy atom. The lowest BCUT2D eigenvalue weighted by Crippen LogP contribution is -2.24. The van der Waals surface area contributed by atoms with Crippen LogP contribution in [0, 0.1) is 0 Å². The Morgan fingerprint density at radius 3 is 2.10 bits per heavy atom. The minimum absolute atomic E-state index is 0.0128. The van der Waals surface area contributed by atoms with Crippen molar-refractivity contribution in [3.8, 4) is 0 Å². The number of hydrogen-bond donors (Lipinski definition) is 0. The number of carbonyl (C=O) groups excluding carboxylic acids is 1. The molecule has 0 aromatic heterocycles. The smallest absolute Gasteiger partial charge is 0.305 e. The van der Waals surface area contributed by atoms with Gasteiger partial charge in [-0.2, -0.15) is 0 Å². The van der Waals surface area contributed by atoms with Gasteiger partial charge in [-0.1, -0.05) is 38.5 Å². The van der Waals surface area contributed by atoms with Crippen molar-refractivity contribution < 1.29 is 14.3 Å². The average molecular weight is 298 g/mol. The highest BCUT2D eigenvalue weighted by Crippen LogP contribution is 2.20. The molecule has 0 aromatic carbocycles. The molecule has 0 unspecified atom stereocenters. The third-order valence-electron chi connectivity index (χ3n) is 4.20. The molecule has 21 heavy (non-hydrogen) atoms. The Kier molecular flexibility index (Phi) is 9.73. The Labute approximate surface area is 130 Å². The van der Waals surface area contributed by atoms with Gasteiger partial charge in [0.2, 0.25) is 0 Å². The van der Waals surface area contributed by atoms with Gasteiger partial charge in [0.15, 0.2) is 0 Å². The second kappa shape index (κ2) is 11.1. The molecular formula is C18H34O3. The molecule has 124 valence electrons. The first-order valence-corrected chi connectivity index (χ1v) is 8.90. The first kappa shape index (κ1) is 18.5. The van der Waals surface area contributed by atoms with E-state index in [1.807, 2.05) is 0 Å². The highest BCUT2D eigenvalue weighted by atomic mass is 16.5. The van der Waals surface area contributed by atoms with E-state index in [4.69, 9.17) is 9.47 Å². The van der Waals surface area contributed by atoms with Crippen molar-refractivity contribution in [1.82, 2.24) is 0 Å². The van der Waals surface area contributed by atoms with Crippen molar-refractivity contribution in [2.45, 2.75) is 96.5 Å². The summed E-state index contributed by atoms with van der Waals surface area (Å²) in [6, 6.07) is 0. The van der Waals surface area contributed by atoms with E-state index in [-0.39, 0.29) is 11.6 Å². The van der Waals surface area contributed by atoms with E-state index in [0.29, 0.717) is 13.0 Å². The fourth-order valence-electron chi connectivity index (χ4n) is 2.76. The zero-order valence-corrected chi connectivity index (χ0v) is 14.1. The summed E-state index contributed by atoms with van der Waals surface area (Å²) < 4.78 is 11.3. The molecule has 1 heterocycles. The van der Waals surface area contributed by atoms with Crippen LogP contribution >= 0.6 is 0 Å². The molecule has 1 saturated heterocycles. The molecule has 0 saturated carbocycles.